The number of phenolic OH excluding ortho intramolecular Hbond substituents is 1. The molecule has 0 aliphatic heterocycles. The van der Waals surface area contributed by atoms with Gasteiger partial charge in [-0.3, -0.25) is 0 Å². The lowest BCUT2D eigenvalue weighted by atomic mass is 10.0. The second-order valence-corrected chi connectivity index (χ2v) is 4.09. The van der Waals surface area contributed by atoms with Crippen molar-refractivity contribution in [2.24, 2.45) is 0 Å². The van der Waals surface area contributed by atoms with Crippen molar-refractivity contribution in [1.82, 2.24) is 0 Å². The van der Waals surface area contributed by atoms with Gasteiger partial charge in [-0.25, -0.2) is 4.39 Å². The third-order valence-electron chi connectivity index (χ3n) is 2.32. The minimum absolute atomic E-state index is 0.00100. The lowest BCUT2D eigenvalue weighted by molar-refractivity contribution is 0.476. The van der Waals surface area contributed by atoms with Crippen molar-refractivity contribution in [2.75, 3.05) is 0 Å². The lowest BCUT2D eigenvalue weighted by Crippen LogP contribution is -1.83. The molecule has 2 aromatic carbocycles. The van der Waals surface area contributed by atoms with Gasteiger partial charge in [0.1, 0.15) is 11.6 Å². The van der Waals surface area contributed by atoms with Crippen LogP contribution in [0.4, 0.5) is 4.39 Å². The van der Waals surface area contributed by atoms with Crippen LogP contribution in [0.25, 0.3) is 11.1 Å². The molecule has 2 rings (SSSR count). The zero-order valence-electron chi connectivity index (χ0n) is 8.67. The fraction of sp³-hybridized carbons (Fsp3) is 0.0769. The molecule has 82 valence electrons. The maximum absolute atomic E-state index is 13.2. The Kier molecular flexibility index (Phi) is 2.84. The van der Waals surface area contributed by atoms with E-state index in [0.29, 0.717) is 0 Å². The fourth-order valence-corrected chi connectivity index (χ4v) is 1.71. The van der Waals surface area contributed by atoms with Gasteiger partial charge in [-0.05, 0) is 47.9 Å². The number of halogens is 2. The van der Waals surface area contributed by atoms with E-state index in [1.165, 1.54) is 18.2 Å². The van der Waals surface area contributed by atoms with E-state index >= 15 is 0 Å². The topological polar surface area (TPSA) is 20.2 Å². The zero-order valence-corrected chi connectivity index (χ0v) is 9.42. The Morgan fingerprint density at radius 3 is 2.44 bits per heavy atom. The molecule has 0 amide bonds. The summed E-state index contributed by atoms with van der Waals surface area (Å²) in [5.74, 6) is -0.287. The molecule has 0 aliphatic carbocycles. The Hall–Kier alpha value is -1.54. The highest BCUT2D eigenvalue weighted by Gasteiger charge is 2.04. The molecule has 0 saturated carbocycles. The van der Waals surface area contributed by atoms with Crippen molar-refractivity contribution in [3.8, 4) is 16.9 Å². The fourth-order valence-electron chi connectivity index (χ4n) is 1.60. The van der Waals surface area contributed by atoms with Crippen LogP contribution in [0, 0.1) is 12.7 Å². The van der Waals surface area contributed by atoms with Gasteiger partial charge in [0.05, 0.1) is 5.02 Å². The molecule has 0 aliphatic rings. The van der Waals surface area contributed by atoms with Crippen LogP contribution in [-0.4, -0.2) is 5.11 Å². The zero-order chi connectivity index (χ0) is 11.7. The molecule has 0 atom stereocenters. The second kappa shape index (κ2) is 4.14. The van der Waals surface area contributed by atoms with Gasteiger partial charge in [0.25, 0.3) is 0 Å². The first-order valence-corrected chi connectivity index (χ1v) is 5.20. The highest BCUT2D eigenvalue weighted by atomic mass is 35.5. The Bertz CT molecular complexity index is 517. The van der Waals surface area contributed by atoms with Crippen LogP contribution in [-0.2, 0) is 0 Å². The van der Waals surface area contributed by atoms with Crippen molar-refractivity contribution in [3.63, 3.8) is 0 Å². The summed E-state index contributed by atoms with van der Waals surface area (Å²) in [5.41, 5.74) is 2.30. The lowest BCUT2D eigenvalue weighted by Gasteiger charge is -2.05. The van der Waals surface area contributed by atoms with Gasteiger partial charge < -0.3 is 5.11 Å². The summed E-state index contributed by atoms with van der Waals surface area (Å²) in [6.45, 7) is 1.82. The van der Waals surface area contributed by atoms with E-state index in [9.17, 15) is 9.50 Å². The summed E-state index contributed by atoms with van der Waals surface area (Å²) < 4.78 is 13.2. The quantitative estimate of drug-likeness (QED) is 0.788. The third kappa shape index (κ3) is 2.17. The maximum atomic E-state index is 13.2. The van der Waals surface area contributed by atoms with E-state index in [1.54, 1.807) is 12.1 Å². The third-order valence-corrected chi connectivity index (χ3v) is 2.64. The molecule has 1 nitrogen and oxygen atoms in total. The van der Waals surface area contributed by atoms with Crippen LogP contribution < -0.4 is 0 Å². The monoisotopic (exact) mass is 236 g/mol. The van der Waals surface area contributed by atoms with Crippen molar-refractivity contribution < 1.29 is 9.50 Å². The van der Waals surface area contributed by atoms with Gasteiger partial charge in [-0.15, -0.1) is 0 Å². The molecule has 3 heteroatoms. The highest BCUT2D eigenvalue weighted by Crippen LogP contribution is 2.30. The highest BCUT2D eigenvalue weighted by molar-refractivity contribution is 6.32. The molecule has 1 N–H and O–H groups in total. The number of hydrogen-bond donors (Lipinski definition) is 1. The average Bonchev–Trinajstić information content (AvgIpc) is 2.20. The molecule has 0 heterocycles. The normalized spacial score (nSPS) is 10.4. The standard InChI is InChI=1S/C13H10ClFO/c1-8-4-10(6-11(15)5-8)9-2-3-12(14)13(16)7-9/h2-7,16H,1H3. The first-order valence-electron chi connectivity index (χ1n) is 4.82. The second-order valence-electron chi connectivity index (χ2n) is 3.68. The number of benzene rings is 2. The van der Waals surface area contributed by atoms with E-state index in [0.717, 1.165) is 16.7 Å². The van der Waals surface area contributed by atoms with Crippen LogP contribution in [0.2, 0.25) is 5.02 Å². The predicted molar refractivity (Wildman–Crippen MR) is 63.2 cm³/mol. The predicted octanol–water partition coefficient (Wildman–Crippen LogP) is 4.16. The molecule has 0 bridgehead atoms. The smallest absolute Gasteiger partial charge is 0.134 e. The number of hydrogen-bond acceptors (Lipinski definition) is 1. The number of aromatic hydroxyl groups is 1. The molecule has 16 heavy (non-hydrogen) atoms. The van der Waals surface area contributed by atoms with Gasteiger partial charge in [0.15, 0.2) is 0 Å². The van der Waals surface area contributed by atoms with Crippen LogP contribution in [0.3, 0.4) is 0 Å². The van der Waals surface area contributed by atoms with E-state index in [4.69, 9.17) is 11.6 Å². The Morgan fingerprint density at radius 2 is 1.81 bits per heavy atom. The van der Waals surface area contributed by atoms with Crippen LogP contribution >= 0.6 is 11.6 Å². The van der Waals surface area contributed by atoms with Crippen LogP contribution in [0.5, 0.6) is 5.75 Å². The maximum Gasteiger partial charge on any atom is 0.134 e. The molecule has 0 radical (unpaired) electrons. The molecule has 0 unspecified atom stereocenters. The molecule has 0 aromatic heterocycles. The van der Waals surface area contributed by atoms with E-state index in [1.807, 2.05) is 13.0 Å². The summed E-state index contributed by atoms with van der Waals surface area (Å²) in [4.78, 5) is 0. The van der Waals surface area contributed by atoms with E-state index in [-0.39, 0.29) is 16.6 Å². The van der Waals surface area contributed by atoms with Crippen molar-refractivity contribution >= 4 is 11.6 Å². The van der Waals surface area contributed by atoms with Gasteiger partial charge in [-0.1, -0.05) is 23.7 Å². The first-order chi connectivity index (χ1) is 7.56. The SMILES string of the molecule is Cc1cc(F)cc(-c2ccc(Cl)c(O)c2)c1. The molecular weight excluding hydrogens is 227 g/mol. The number of phenols is 1. The van der Waals surface area contributed by atoms with Crippen molar-refractivity contribution in [1.29, 1.82) is 0 Å². The van der Waals surface area contributed by atoms with Crippen LogP contribution in [0.1, 0.15) is 5.56 Å². The average molecular weight is 237 g/mol. The summed E-state index contributed by atoms with van der Waals surface area (Å²) in [6, 6.07) is 9.60. The Balaban J connectivity index is 2.54. The summed E-state index contributed by atoms with van der Waals surface area (Å²) >= 11 is 5.71. The largest absolute Gasteiger partial charge is 0.506 e. The number of rotatable bonds is 1. The van der Waals surface area contributed by atoms with Gasteiger partial charge in [0, 0.05) is 0 Å². The summed E-state index contributed by atoms with van der Waals surface area (Å²) in [6.07, 6.45) is 0. The molecule has 0 fully saturated rings. The Labute approximate surface area is 98.1 Å². The van der Waals surface area contributed by atoms with Gasteiger partial charge in [-0.2, -0.15) is 0 Å². The van der Waals surface area contributed by atoms with Crippen molar-refractivity contribution in [3.05, 3.63) is 52.8 Å². The summed E-state index contributed by atoms with van der Waals surface area (Å²) in [5, 5.41) is 9.76. The molecule has 0 saturated heterocycles. The molecule has 2 aromatic rings. The molecule has 0 spiro atoms. The molecular formula is C13H10ClFO. The van der Waals surface area contributed by atoms with E-state index in [2.05, 4.69) is 0 Å². The van der Waals surface area contributed by atoms with Crippen molar-refractivity contribution in [2.45, 2.75) is 6.92 Å². The first kappa shape index (κ1) is 11.0. The minimum Gasteiger partial charge on any atom is -0.506 e. The van der Waals surface area contributed by atoms with Gasteiger partial charge in [0.2, 0.25) is 0 Å². The number of aryl methyl sites for hydroxylation is 1. The Morgan fingerprint density at radius 1 is 1.06 bits per heavy atom. The van der Waals surface area contributed by atoms with Gasteiger partial charge >= 0.3 is 0 Å². The van der Waals surface area contributed by atoms with Crippen LogP contribution in [0.15, 0.2) is 36.4 Å². The summed E-state index contributed by atoms with van der Waals surface area (Å²) in [7, 11) is 0. The minimum atomic E-state index is -0.288. The van der Waals surface area contributed by atoms with E-state index < -0.39 is 0 Å².